The Kier molecular flexibility index (Phi) is 5.19. The predicted molar refractivity (Wildman–Crippen MR) is 66.9 cm³/mol. The Morgan fingerprint density at radius 1 is 1.50 bits per heavy atom. The van der Waals surface area contributed by atoms with Crippen molar-refractivity contribution < 1.29 is 19.4 Å². The molecule has 2 N–H and O–H groups in total. The van der Waals surface area contributed by atoms with Crippen molar-refractivity contribution in [2.75, 3.05) is 7.11 Å². The normalized spacial score (nSPS) is 26.5. The first-order chi connectivity index (χ1) is 8.54. The quantitative estimate of drug-likeness (QED) is 0.579. The summed E-state index contributed by atoms with van der Waals surface area (Å²) in [6, 6.07) is -0.136. The van der Waals surface area contributed by atoms with Crippen LogP contribution in [0.5, 0.6) is 0 Å². The number of methoxy groups -OCH3 is 1. The minimum absolute atomic E-state index is 0.106. The molecule has 0 aromatic heterocycles. The van der Waals surface area contributed by atoms with E-state index >= 15 is 0 Å². The fourth-order valence-corrected chi connectivity index (χ4v) is 2.30. The van der Waals surface area contributed by atoms with Crippen LogP contribution in [0, 0.1) is 5.92 Å². The molecule has 1 amide bonds. The van der Waals surface area contributed by atoms with Crippen LogP contribution in [-0.4, -0.2) is 29.9 Å². The number of ether oxygens (including phenoxy) is 1. The highest BCUT2D eigenvalue weighted by Gasteiger charge is 2.37. The van der Waals surface area contributed by atoms with Gasteiger partial charge in [0, 0.05) is 18.4 Å². The fourth-order valence-electron chi connectivity index (χ4n) is 2.30. The highest BCUT2D eigenvalue weighted by molar-refractivity contribution is 5.97. The van der Waals surface area contributed by atoms with Gasteiger partial charge in [0.15, 0.2) is 0 Å². The highest BCUT2D eigenvalue weighted by Crippen LogP contribution is 2.27. The standard InChI is InChI=1S/C13H21NO4/c1-4-6-10-8(11(15)5-2)7-9(12(16)14-10)13(17)18-3/h8,10,17H,4-7H2,1-3H3,(H,14,16)/t8-,10-/m0/s1. The third kappa shape index (κ3) is 3.03. The van der Waals surface area contributed by atoms with Gasteiger partial charge in [-0.25, -0.2) is 0 Å². The van der Waals surface area contributed by atoms with Crippen molar-refractivity contribution in [3.8, 4) is 0 Å². The maximum Gasteiger partial charge on any atom is 0.285 e. The third-order valence-corrected chi connectivity index (χ3v) is 3.31. The van der Waals surface area contributed by atoms with Crippen LogP contribution in [-0.2, 0) is 14.3 Å². The summed E-state index contributed by atoms with van der Waals surface area (Å²) >= 11 is 0. The maximum atomic E-state index is 11.9. The lowest BCUT2D eigenvalue weighted by Gasteiger charge is -2.32. The molecular weight excluding hydrogens is 234 g/mol. The summed E-state index contributed by atoms with van der Waals surface area (Å²) in [5.74, 6) is -0.890. The van der Waals surface area contributed by atoms with E-state index in [-0.39, 0.29) is 35.6 Å². The SMILES string of the molecule is CCC[C@@H]1NC(=O)C(=C(O)OC)C[C@@H]1C(=O)CC. The molecule has 2 atom stereocenters. The van der Waals surface area contributed by atoms with Crippen LogP contribution in [0.2, 0.25) is 0 Å². The Morgan fingerprint density at radius 3 is 2.67 bits per heavy atom. The van der Waals surface area contributed by atoms with Gasteiger partial charge in [-0.05, 0) is 12.8 Å². The Labute approximate surface area is 107 Å². The van der Waals surface area contributed by atoms with Gasteiger partial charge in [-0.15, -0.1) is 0 Å². The van der Waals surface area contributed by atoms with E-state index in [4.69, 9.17) is 0 Å². The van der Waals surface area contributed by atoms with Crippen molar-refractivity contribution in [2.24, 2.45) is 5.92 Å². The first-order valence-corrected chi connectivity index (χ1v) is 6.34. The average Bonchev–Trinajstić information content (AvgIpc) is 2.37. The number of ketones is 1. The number of aliphatic hydroxyl groups excluding tert-OH is 1. The lowest BCUT2D eigenvalue weighted by molar-refractivity contribution is -0.127. The van der Waals surface area contributed by atoms with E-state index in [0.29, 0.717) is 6.42 Å². The number of amides is 1. The van der Waals surface area contributed by atoms with Gasteiger partial charge in [-0.1, -0.05) is 20.3 Å². The van der Waals surface area contributed by atoms with Crippen molar-refractivity contribution in [3.05, 3.63) is 11.5 Å². The molecule has 18 heavy (non-hydrogen) atoms. The van der Waals surface area contributed by atoms with Gasteiger partial charge < -0.3 is 15.2 Å². The molecule has 1 aliphatic rings. The summed E-state index contributed by atoms with van der Waals surface area (Å²) in [4.78, 5) is 23.7. The number of carbonyl (C=O) groups is 2. The minimum Gasteiger partial charge on any atom is -0.481 e. The summed E-state index contributed by atoms with van der Waals surface area (Å²) in [6.07, 6.45) is 2.35. The second kappa shape index (κ2) is 6.42. The molecule has 102 valence electrons. The molecule has 0 aliphatic carbocycles. The molecular formula is C13H21NO4. The second-order valence-electron chi connectivity index (χ2n) is 4.49. The molecule has 0 aromatic rings. The molecule has 0 spiro atoms. The average molecular weight is 255 g/mol. The maximum absolute atomic E-state index is 11.9. The molecule has 1 heterocycles. The number of hydrogen-bond donors (Lipinski definition) is 2. The van der Waals surface area contributed by atoms with Crippen LogP contribution in [0.15, 0.2) is 11.5 Å². The summed E-state index contributed by atoms with van der Waals surface area (Å²) in [5.41, 5.74) is 0.164. The summed E-state index contributed by atoms with van der Waals surface area (Å²) in [7, 11) is 1.30. The molecule has 1 rings (SSSR count). The number of Topliss-reactive ketones (excluding diaryl/α,β-unsaturated/α-hetero) is 1. The van der Waals surface area contributed by atoms with Crippen LogP contribution < -0.4 is 5.32 Å². The minimum atomic E-state index is -0.392. The molecule has 1 fully saturated rings. The van der Waals surface area contributed by atoms with Crippen molar-refractivity contribution in [1.29, 1.82) is 0 Å². The molecule has 0 bridgehead atoms. The first-order valence-electron chi connectivity index (χ1n) is 6.34. The lowest BCUT2D eigenvalue weighted by atomic mass is 9.82. The van der Waals surface area contributed by atoms with Crippen LogP contribution in [0.3, 0.4) is 0 Å². The Balaban J connectivity index is 2.96. The molecule has 0 saturated carbocycles. The smallest absolute Gasteiger partial charge is 0.285 e. The van der Waals surface area contributed by atoms with Gasteiger partial charge in [0.25, 0.3) is 11.9 Å². The van der Waals surface area contributed by atoms with Crippen molar-refractivity contribution in [2.45, 2.75) is 45.6 Å². The van der Waals surface area contributed by atoms with Gasteiger partial charge >= 0.3 is 0 Å². The summed E-state index contributed by atoms with van der Waals surface area (Å²) < 4.78 is 4.68. The molecule has 5 heteroatoms. The number of rotatable bonds is 5. The fraction of sp³-hybridized carbons (Fsp3) is 0.692. The topological polar surface area (TPSA) is 75.6 Å². The number of hydrogen-bond acceptors (Lipinski definition) is 4. The Bertz CT molecular complexity index is 362. The molecule has 0 radical (unpaired) electrons. The van der Waals surface area contributed by atoms with Crippen LogP contribution in [0.25, 0.3) is 0 Å². The van der Waals surface area contributed by atoms with Gasteiger partial charge in [-0.2, -0.15) is 0 Å². The van der Waals surface area contributed by atoms with Crippen molar-refractivity contribution in [1.82, 2.24) is 5.32 Å². The highest BCUT2D eigenvalue weighted by atomic mass is 16.6. The second-order valence-corrected chi connectivity index (χ2v) is 4.49. The lowest BCUT2D eigenvalue weighted by Crippen LogP contribution is -2.49. The number of aliphatic hydroxyl groups is 1. The van der Waals surface area contributed by atoms with Gasteiger partial charge in [0.05, 0.1) is 12.7 Å². The molecule has 0 unspecified atom stereocenters. The largest absolute Gasteiger partial charge is 0.481 e. The van der Waals surface area contributed by atoms with Gasteiger partial charge in [0.1, 0.15) is 5.78 Å². The zero-order chi connectivity index (χ0) is 13.7. The zero-order valence-electron chi connectivity index (χ0n) is 11.2. The van der Waals surface area contributed by atoms with Gasteiger partial charge in [0.2, 0.25) is 0 Å². The Morgan fingerprint density at radius 2 is 2.17 bits per heavy atom. The molecule has 1 saturated heterocycles. The van der Waals surface area contributed by atoms with E-state index in [1.807, 2.05) is 6.92 Å². The van der Waals surface area contributed by atoms with E-state index in [9.17, 15) is 14.7 Å². The van der Waals surface area contributed by atoms with E-state index < -0.39 is 5.95 Å². The number of piperidine rings is 1. The van der Waals surface area contributed by atoms with E-state index in [2.05, 4.69) is 10.1 Å². The van der Waals surface area contributed by atoms with Crippen LogP contribution >= 0.6 is 0 Å². The monoisotopic (exact) mass is 255 g/mol. The molecule has 1 aliphatic heterocycles. The third-order valence-electron chi connectivity index (χ3n) is 3.31. The molecule has 5 nitrogen and oxygen atoms in total. The van der Waals surface area contributed by atoms with E-state index in [1.165, 1.54) is 7.11 Å². The van der Waals surface area contributed by atoms with Crippen molar-refractivity contribution in [3.63, 3.8) is 0 Å². The van der Waals surface area contributed by atoms with Crippen molar-refractivity contribution >= 4 is 11.7 Å². The van der Waals surface area contributed by atoms with E-state index in [1.54, 1.807) is 6.92 Å². The van der Waals surface area contributed by atoms with E-state index in [0.717, 1.165) is 12.8 Å². The first kappa shape index (κ1) is 14.5. The Hall–Kier alpha value is -1.52. The zero-order valence-corrected chi connectivity index (χ0v) is 11.2. The summed E-state index contributed by atoms with van der Waals surface area (Å²) in [6.45, 7) is 3.82. The van der Waals surface area contributed by atoms with Crippen LogP contribution in [0.1, 0.15) is 39.5 Å². The number of carbonyl (C=O) groups excluding carboxylic acids is 2. The summed E-state index contributed by atoms with van der Waals surface area (Å²) in [5, 5.41) is 12.3. The van der Waals surface area contributed by atoms with Gasteiger partial charge in [-0.3, -0.25) is 9.59 Å². The van der Waals surface area contributed by atoms with Crippen LogP contribution in [0.4, 0.5) is 0 Å². The predicted octanol–water partition coefficient (Wildman–Crippen LogP) is 1.69. The number of nitrogens with one attached hydrogen (secondary N) is 1. The molecule has 0 aromatic carbocycles.